The molecule has 1 atom stereocenters. The maximum atomic E-state index is 11.3. The van der Waals surface area contributed by atoms with Gasteiger partial charge < -0.3 is 0 Å². The first kappa shape index (κ1) is 9.50. The molecular weight excluding hydrogens is 148 g/mol. The van der Waals surface area contributed by atoms with Gasteiger partial charge in [0.2, 0.25) is 0 Å². The highest BCUT2D eigenvalue weighted by atomic mass is 16.1. The molecule has 1 saturated carbocycles. The molecule has 1 fully saturated rings. The lowest BCUT2D eigenvalue weighted by Crippen LogP contribution is -2.26. The average Bonchev–Trinajstić information content (AvgIpc) is 2.05. The lowest BCUT2D eigenvalue weighted by Gasteiger charge is -2.32. The third kappa shape index (κ3) is 1.96. The van der Waals surface area contributed by atoms with Crippen LogP contribution in [0.2, 0.25) is 0 Å². The number of rotatable bonds is 2. The molecule has 1 nitrogen and oxygen atoms in total. The van der Waals surface area contributed by atoms with Crippen LogP contribution in [-0.4, -0.2) is 5.78 Å². The summed E-state index contributed by atoms with van der Waals surface area (Å²) in [6, 6.07) is 0. The van der Waals surface area contributed by atoms with Crippen LogP contribution in [0.25, 0.3) is 0 Å². The van der Waals surface area contributed by atoms with Crippen molar-refractivity contribution in [3.63, 3.8) is 0 Å². The third-order valence-corrected chi connectivity index (χ3v) is 2.90. The summed E-state index contributed by atoms with van der Waals surface area (Å²) < 4.78 is 0. The van der Waals surface area contributed by atoms with E-state index in [4.69, 9.17) is 0 Å². The van der Waals surface area contributed by atoms with Crippen LogP contribution in [0.4, 0.5) is 0 Å². The van der Waals surface area contributed by atoms with Crippen LogP contribution in [0.15, 0.2) is 12.2 Å². The second-order valence-electron chi connectivity index (χ2n) is 3.78. The first-order valence-corrected chi connectivity index (χ1v) is 4.88. The van der Waals surface area contributed by atoms with Crippen molar-refractivity contribution < 1.29 is 4.79 Å². The summed E-state index contributed by atoms with van der Waals surface area (Å²) in [5.74, 6) is 0.446. The Morgan fingerprint density at radius 1 is 1.58 bits per heavy atom. The first-order valence-electron chi connectivity index (χ1n) is 4.88. The number of carbonyl (C=O) groups excluding carboxylic acids is 1. The molecule has 0 amide bonds. The van der Waals surface area contributed by atoms with Gasteiger partial charge in [-0.05, 0) is 31.6 Å². The third-order valence-electron chi connectivity index (χ3n) is 2.90. The van der Waals surface area contributed by atoms with Crippen LogP contribution in [-0.2, 0) is 4.79 Å². The van der Waals surface area contributed by atoms with E-state index in [9.17, 15) is 4.79 Å². The fourth-order valence-electron chi connectivity index (χ4n) is 2.12. The summed E-state index contributed by atoms with van der Waals surface area (Å²) in [4.78, 5) is 11.3. The molecule has 0 unspecified atom stereocenters. The van der Waals surface area contributed by atoms with Gasteiger partial charge in [0.1, 0.15) is 5.78 Å². The second kappa shape index (κ2) is 3.88. The molecule has 0 radical (unpaired) electrons. The number of Topliss-reactive ketones (excluding diaryl/α,β-unsaturated/α-hetero) is 1. The van der Waals surface area contributed by atoms with Crippen molar-refractivity contribution in [3.05, 3.63) is 12.2 Å². The molecule has 1 aliphatic carbocycles. The van der Waals surface area contributed by atoms with Crippen LogP contribution < -0.4 is 0 Å². The fraction of sp³-hybridized carbons (Fsp3) is 0.727. The highest BCUT2D eigenvalue weighted by Gasteiger charge is 2.31. The molecule has 0 aliphatic heterocycles. The predicted molar refractivity (Wildman–Crippen MR) is 51.0 cm³/mol. The van der Waals surface area contributed by atoms with Gasteiger partial charge in [-0.15, -0.1) is 0 Å². The topological polar surface area (TPSA) is 17.1 Å². The van der Waals surface area contributed by atoms with E-state index in [0.717, 1.165) is 25.7 Å². The molecular formula is C11H18O. The number of carbonyl (C=O) groups is 1. The zero-order valence-electron chi connectivity index (χ0n) is 8.10. The van der Waals surface area contributed by atoms with Crippen LogP contribution in [0, 0.1) is 5.41 Å². The van der Waals surface area contributed by atoms with Crippen LogP contribution >= 0.6 is 0 Å². The van der Waals surface area contributed by atoms with Gasteiger partial charge in [-0.1, -0.05) is 19.1 Å². The first-order chi connectivity index (χ1) is 5.72. The van der Waals surface area contributed by atoms with E-state index in [0.29, 0.717) is 5.78 Å². The van der Waals surface area contributed by atoms with E-state index in [1.165, 1.54) is 6.42 Å². The van der Waals surface area contributed by atoms with Crippen LogP contribution in [0.3, 0.4) is 0 Å². The molecule has 0 aromatic carbocycles. The summed E-state index contributed by atoms with van der Waals surface area (Å²) in [6.07, 6.45) is 9.26. The van der Waals surface area contributed by atoms with Crippen LogP contribution in [0.1, 0.15) is 46.0 Å². The van der Waals surface area contributed by atoms with Crippen molar-refractivity contribution in [1.82, 2.24) is 0 Å². The van der Waals surface area contributed by atoms with Gasteiger partial charge in [-0.3, -0.25) is 4.79 Å². The van der Waals surface area contributed by atoms with Gasteiger partial charge in [0.25, 0.3) is 0 Å². The van der Waals surface area contributed by atoms with Gasteiger partial charge in [-0.25, -0.2) is 0 Å². The Labute approximate surface area is 74.9 Å². The average molecular weight is 166 g/mol. The highest BCUT2D eigenvalue weighted by Crippen LogP contribution is 2.38. The molecule has 0 aromatic rings. The van der Waals surface area contributed by atoms with Crippen molar-refractivity contribution in [2.24, 2.45) is 5.41 Å². The Morgan fingerprint density at radius 3 is 2.83 bits per heavy atom. The normalized spacial score (nSPS) is 31.3. The van der Waals surface area contributed by atoms with Crippen molar-refractivity contribution in [2.45, 2.75) is 46.0 Å². The molecule has 0 aromatic heterocycles. The Kier molecular flexibility index (Phi) is 3.07. The molecule has 1 aliphatic rings. The van der Waals surface area contributed by atoms with Gasteiger partial charge in [-0.2, -0.15) is 0 Å². The van der Waals surface area contributed by atoms with Gasteiger partial charge in [0.05, 0.1) is 0 Å². The molecule has 0 spiro atoms. The zero-order chi connectivity index (χ0) is 9.03. The molecule has 0 saturated heterocycles. The minimum atomic E-state index is 0.212. The molecule has 0 N–H and O–H groups in total. The van der Waals surface area contributed by atoms with E-state index in [2.05, 4.69) is 19.1 Å². The largest absolute Gasteiger partial charge is 0.300 e. The lowest BCUT2D eigenvalue weighted by molar-refractivity contribution is -0.122. The van der Waals surface area contributed by atoms with Crippen LogP contribution in [0.5, 0.6) is 0 Å². The standard InChI is InChI=1S/C11H18O/c1-3-7-11(4-2)8-5-6-10(12)9-11/h3,7H,4-6,8-9H2,1-2H3/b7-3+/t11-/m0/s1. The number of allylic oxidation sites excluding steroid dienone is 2. The maximum absolute atomic E-state index is 11.3. The van der Waals surface area contributed by atoms with Crippen molar-refractivity contribution in [3.8, 4) is 0 Å². The number of hydrogen-bond acceptors (Lipinski definition) is 1. The minimum Gasteiger partial charge on any atom is -0.300 e. The molecule has 0 heterocycles. The molecule has 12 heavy (non-hydrogen) atoms. The Balaban J connectivity index is 2.70. The quantitative estimate of drug-likeness (QED) is 0.576. The summed E-state index contributed by atoms with van der Waals surface area (Å²) in [7, 11) is 0. The minimum absolute atomic E-state index is 0.212. The highest BCUT2D eigenvalue weighted by molar-refractivity contribution is 5.80. The Morgan fingerprint density at radius 2 is 2.33 bits per heavy atom. The summed E-state index contributed by atoms with van der Waals surface area (Å²) in [5, 5.41) is 0. The van der Waals surface area contributed by atoms with Crippen molar-refractivity contribution in [2.75, 3.05) is 0 Å². The van der Waals surface area contributed by atoms with Crippen molar-refractivity contribution in [1.29, 1.82) is 0 Å². The van der Waals surface area contributed by atoms with Gasteiger partial charge in [0.15, 0.2) is 0 Å². The Bertz CT molecular complexity index is 193. The lowest BCUT2D eigenvalue weighted by atomic mass is 9.71. The summed E-state index contributed by atoms with van der Waals surface area (Å²) in [6.45, 7) is 4.22. The Hall–Kier alpha value is -0.590. The summed E-state index contributed by atoms with van der Waals surface area (Å²) >= 11 is 0. The number of ketones is 1. The van der Waals surface area contributed by atoms with E-state index in [1.54, 1.807) is 0 Å². The maximum Gasteiger partial charge on any atom is 0.133 e. The van der Waals surface area contributed by atoms with E-state index >= 15 is 0 Å². The SMILES string of the molecule is C/C=C/[C@@]1(CC)CCCC(=O)C1. The molecule has 68 valence electrons. The molecule has 0 bridgehead atoms. The van der Waals surface area contributed by atoms with E-state index in [1.807, 2.05) is 6.92 Å². The van der Waals surface area contributed by atoms with E-state index < -0.39 is 0 Å². The van der Waals surface area contributed by atoms with E-state index in [-0.39, 0.29) is 5.41 Å². The van der Waals surface area contributed by atoms with Crippen molar-refractivity contribution >= 4 is 5.78 Å². The second-order valence-corrected chi connectivity index (χ2v) is 3.78. The van der Waals surface area contributed by atoms with Gasteiger partial charge in [0, 0.05) is 12.8 Å². The molecule has 1 rings (SSSR count). The fourth-order valence-corrected chi connectivity index (χ4v) is 2.12. The monoisotopic (exact) mass is 166 g/mol. The molecule has 1 heteroatoms. The smallest absolute Gasteiger partial charge is 0.133 e. The predicted octanol–water partition coefficient (Wildman–Crippen LogP) is 3.10. The van der Waals surface area contributed by atoms with Gasteiger partial charge >= 0.3 is 0 Å². The number of hydrogen-bond donors (Lipinski definition) is 0. The summed E-state index contributed by atoms with van der Waals surface area (Å²) in [5.41, 5.74) is 0.212. The zero-order valence-corrected chi connectivity index (χ0v) is 8.10.